The molecule has 2 fully saturated rings. The van der Waals surface area contributed by atoms with Crippen LogP contribution < -0.4 is 20.7 Å². The maximum atomic E-state index is 14.5. The number of fused-ring (bicyclic) bond motifs is 3. The van der Waals surface area contributed by atoms with Crippen LogP contribution >= 0.6 is 0 Å². The predicted molar refractivity (Wildman–Crippen MR) is 130 cm³/mol. The number of nitrogens with zero attached hydrogens (tertiary/aromatic N) is 4. The van der Waals surface area contributed by atoms with E-state index < -0.39 is 0 Å². The molecule has 6 rings (SSSR count). The summed E-state index contributed by atoms with van der Waals surface area (Å²) in [5.74, 6) is 1.13. The second-order valence-corrected chi connectivity index (χ2v) is 9.79. The van der Waals surface area contributed by atoms with E-state index in [0.29, 0.717) is 24.2 Å². The van der Waals surface area contributed by atoms with Crippen molar-refractivity contribution in [3.63, 3.8) is 0 Å². The van der Waals surface area contributed by atoms with Gasteiger partial charge in [0.05, 0.1) is 11.9 Å². The third-order valence-electron chi connectivity index (χ3n) is 7.93. The first-order valence-corrected chi connectivity index (χ1v) is 12.0. The number of aryl methyl sites for hydroxylation is 1. The number of hydrogen-bond donors (Lipinski definition) is 2. The lowest BCUT2D eigenvalue weighted by atomic mass is 9.60. The Morgan fingerprint density at radius 1 is 1.18 bits per heavy atom. The van der Waals surface area contributed by atoms with Gasteiger partial charge in [-0.2, -0.15) is 9.97 Å². The summed E-state index contributed by atoms with van der Waals surface area (Å²) in [6.07, 6.45) is 6.69. The van der Waals surface area contributed by atoms with Crippen molar-refractivity contribution in [2.45, 2.75) is 45.1 Å². The average Bonchev–Trinajstić information content (AvgIpc) is 3.21. The Hall–Kier alpha value is -3.26. The largest absolute Gasteiger partial charge is 0.423 e. The van der Waals surface area contributed by atoms with Gasteiger partial charge in [0.1, 0.15) is 17.4 Å². The number of anilines is 2. The Labute approximate surface area is 198 Å². The van der Waals surface area contributed by atoms with Crippen LogP contribution in [0.15, 0.2) is 30.5 Å². The highest BCUT2D eigenvalue weighted by Gasteiger charge is 2.46. The minimum atomic E-state index is -0.272. The fraction of sp³-hybridized carbons (Fsp3) is 0.423. The zero-order chi connectivity index (χ0) is 23.4. The lowest BCUT2D eigenvalue weighted by Crippen LogP contribution is -2.56. The zero-order valence-electron chi connectivity index (χ0n) is 19.6. The van der Waals surface area contributed by atoms with Gasteiger partial charge >= 0.3 is 6.01 Å². The number of rotatable bonds is 4. The molecule has 3 N–H and O–H groups in total. The van der Waals surface area contributed by atoms with E-state index in [1.54, 1.807) is 12.3 Å². The van der Waals surface area contributed by atoms with Crippen molar-refractivity contribution >= 4 is 11.5 Å². The molecule has 1 atom stereocenters. The molecule has 34 heavy (non-hydrogen) atoms. The van der Waals surface area contributed by atoms with Crippen LogP contribution in [0.2, 0.25) is 0 Å². The van der Waals surface area contributed by atoms with Crippen LogP contribution in [0.4, 0.5) is 15.9 Å². The molecule has 1 saturated heterocycles. The summed E-state index contributed by atoms with van der Waals surface area (Å²) in [7, 11) is 1.81. The monoisotopic (exact) mass is 460 g/mol. The van der Waals surface area contributed by atoms with Gasteiger partial charge in [-0.15, -0.1) is 0 Å². The molecule has 2 aliphatic carbocycles. The van der Waals surface area contributed by atoms with Crippen molar-refractivity contribution in [3.05, 3.63) is 53.2 Å². The summed E-state index contributed by atoms with van der Waals surface area (Å²) in [5, 5.41) is 3.14. The van der Waals surface area contributed by atoms with Gasteiger partial charge in [-0.1, -0.05) is 0 Å². The molecule has 1 aliphatic heterocycles. The zero-order valence-corrected chi connectivity index (χ0v) is 19.6. The number of nitrogens with one attached hydrogen (secondary N) is 1. The number of halogens is 1. The Bertz CT molecular complexity index is 1250. The minimum absolute atomic E-state index is 0.267. The second-order valence-electron chi connectivity index (χ2n) is 9.79. The van der Waals surface area contributed by atoms with Crippen molar-refractivity contribution < 1.29 is 9.13 Å². The lowest BCUT2D eigenvalue weighted by Gasteiger charge is -2.52. The smallest absolute Gasteiger partial charge is 0.324 e. The van der Waals surface area contributed by atoms with Crippen LogP contribution in [-0.2, 0) is 6.42 Å². The summed E-state index contributed by atoms with van der Waals surface area (Å²) in [4.78, 5) is 16.2. The SMILES string of the molecule is CNc1cc(F)cc2c1Cc1nc(Oc3ccc(C)nc3)nc(N3CCC4(CCC4N)CC3)c1-2. The molecule has 0 amide bonds. The van der Waals surface area contributed by atoms with E-state index in [-0.39, 0.29) is 11.2 Å². The second kappa shape index (κ2) is 7.91. The fourth-order valence-corrected chi connectivity index (χ4v) is 5.71. The Balaban J connectivity index is 1.41. The normalized spacial score (nSPS) is 20.0. The van der Waals surface area contributed by atoms with E-state index in [4.69, 9.17) is 20.4 Å². The molecule has 7 nitrogen and oxygen atoms in total. The number of ether oxygens (including phenoxy) is 1. The van der Waals surface area contributed by atoms with Gasteiger partial charge in [-0.05, 0) is 73.4 Å². The molecule has 176 valence electrons. The van der Waals surface area contributed by atoms with Gasteiger partial charge in [0.25, 0.3) is 0 Å². The van der Waals surface area contributed by atoms with Crippen molar-refractivity contribution in [3.8, 4) is 22.9 Å². The molecule has 1 saturated carbocycles. The van der Waals surface area contributed by atoms with Crippen LogP contribution in [0.3, 0.4) is 0 Å². The molecular weight excluding hydrogens is 431 g/mol. The number of piperidine rings is 1. The molecule has 1 unspecified atom stereocenters. The predicted octanol–water partition coefficient (Wildman–Crippen LogP) is 4.43. The molecule has 0 radical (unpaired) electrons. The van der Waals surface area contributed by atoms with Gasteiger partial charge < -0.3 is 20.7 Å². The summed E-state index contributed by atoms with van der Waals surface area (Å²) in [6, 6.07) is 7.49. The van der Waals surface area contributed by atoms with Crippen LogP contribution in [-0.4, -0.2) is 41.1 Å². The number of pyridine rings is 1. The van der Waals surface area contributed by atoms with E-state index >= 15 is 0 Å². The quantitative estimate of drug-likeness (QED) is 0.466. The molecule has 1 spiro atoms. The van der Waals surface area contributed by atoms with Gasteiger partial charge in [-0.25, -0.2) is 4.39 Å². The van der Waals surface area contributed by atoms with Crippen LogP contribution in [0.25, 0.3) is 11.1 Å². The van der Waals surface area contributed by atoms with Gasteiger partial charge in [-0.3, -0.25) is 4.98 Å². The average molecular weight is 461 g/mol. The Kier molecular flexibility index (Phi) is 4.95. The molecule has 2 aromatic heterocycles. The van der Waals surface area contributed by atoms with Crippen molar-refractivity contribution in [1.82, 2.24) is 15.0 Å². The minimum Gasteiger partial charge on any atom is -0.423 e. The van der Waals surface area contributed by atoms with Crippen LogP contribution in [0.5, 0.6) is 11.8 Å². The van der Waals surface area contributed by atoms with Crippen molar-refractivity contribution in [2.24, 2.45) is 11.1 Å². The summed E-state index contributed by atoms with van der Waals surface area (Å²) in [6.45, 7) is 3.67. The van der Waals surface area contributed by atoms with Crippen LogP contribution in [0.1, 0.15) is 42.6 Å². The standard InChI is InChI=1S/C26H29FN6O/c1-15-3-4-17(14-30-15)34-25-31-21-13-18-19(11-16(27)12-20(18)29-2)23(21)24(32-25)33-9-7-26(8-10-33)6-5-22(26)28/h3-4,11-12,14,22,29H,5-10,13,28H2,1-2H3. The van der Waals surface area contributed by atoms with Gasteiger partial charge in [0.15, 0.2) is 0 Å². The molecule has 0 bridgehead atoms. The summed E-state index contributed by atoms with van der Waals surface area (Å²) >= 11 is 0. The highest BCUT2D eigenvalue weighted by atomic mass is 19.1. The molecule has 3 heterocycles. The molecular formula is C26H29FN6O. The first-order chi connectivity index (χ1) is 16.5. The number of aromatic nitrogens is 3. The number of hydrogen-bond acceptors (Lipinski definition) is 7. The van der Waals surface area contributed by atoms with E-state index in [0.717, 1.165) is 71.9 Å². The van der Waals surface area contributed by atoms with Gasteiger partial charge in [0.2, 0.25) is 0 Å². The van der Waals surface area contributed by atoms with Crippen molar-refractivity contribution in [1.29, 1.82) is 0 Å². The molecule has 3 aliphatic rings. The van der Waals surface area contributed by atoms with E-state index in [9.17, 15) is 4.39 Å². The third-order valence-corrected chi connectivity index (χ3v) is 7.93. The van der Waals surface area contributed by atoms with E-state index in [1.165, 1.54) is 12.5 Å². The number of benzene rings is 1. The Morgan fingerprint density at radius 3 is 2.65 bits per heavy atom. The first kappa shape index (κ1) is 21.3. The van der Waals surface area contributed by atoms with Crippen molar-refractivity contribution in [2.75, 3.05) is 30.4 Å². The number of nitrogens with two attached hydrogens (primary N) is 1. The lowest BCUT2D eigenvalue weighted by molar-refractivity contribution is 0.0610. The fourth-order valence-electron chi connectivity index (χ4n) is 5.71. The first-order valence-electron chi connectivity index (χ1n) is 12.0. The third kappa shape index (κ3) is 3.39. The highest BCUT2D eigenvalue weighted by Crippen LogP contribution is 2.50. The summed E-state index contributed by atoms with van der Waals surface area (Å²) < 4.78 is 20.6. The maximum absolute atomic E-state index is 14.5. The molecule has 8 heteroatoms. The molecule has 1 aromatic carbocycles. The maximum Gasteiger partial charge on any atom is 0.324 e. The van der Waals surface area contributed by atoms with Crippen LogP contribution in [0, 0.1) is 18.2 Å². The van der Waals surface area contributed by atoms with Gasteiger partial charge in [0, 0.05) is 49.5 Å². The summed E-state index contributed by atoms with van der Waals surface area (Å²) in [5.41, 5.74) is 12.0. The van der Waals surface area contributed by atoms with E-state index in [1.807, 2.05) is 26.1 Å². The van der Waals surface area contributed by atoms with E-state index in [2.05, 4.69) is 15.2 Å². The Morgan fingerprint density at radius 2 is 2.00 bits per heavy atom. The highest BCUT2D eigenvalue weighted by molar-refractivity contribution is 5.88. The topological polar surface area (TPSA) is 89.2 Å². The molecule has 3 aromatic rings.